The molecule has 0 bridgehead atoms. The molecule has 0 amide bonds. The Morgan fingerprint density at radius 3 is 2.64 bits per heavy atom. The third-order valence-electron chi connectivity index (χ3n) is 5.54. The van der Waals surface area contributed by atoms with Gasteiger partial charge in [-0.1, -0.05) is 6.92 Å². The monoisotopic (exact) mass is 353 g/mol. The van der Waals surface area contributed by atoms with E-state index in [0.29, 0.717) is 6.04 Å². The normalized spacial score (nSPS) is 24.0. The largest absolute Gasteiger partial charge is 0.393 e. The summed E-state index contributed by atoms with van der Waals surface area (Å²) in [5, 5.41) is 13.0. The van der Waals surface area contributed by atoms with Crippen molar-refractivity contribution in [3.05, 3.63) is 0 Å². The van der Waals surface area contributed by atoms with Gasteiger partial charge in [-0.3, -0.25) is 9.89 Å². The average molecular weight is 354 g/mol. The van der Waals surface area contributed by atoms with E-state index in [-0.39, 0.29) is 6.10 Å². The van der Waals surface area contributed by atoms with Crippen LogP contribution in [0, 0.1) is 0 Å². The van der Waals surface area contributed by atoms with Crippen LogP contribution in [-0.4, -0.2) is 97.3 Å². The SMILES string of the molecule is CCNC(=NCCCN1CCC(O)CC1)N(C)CC1CCCN1CC. The molecular formula is C19H39N5O. The van der Waals surface area contributed by atoms with Gasteiger partial charge in [0.2, 0.25) is 0 Å². The first-order valence-electron chi connectivity index (χ1n) is 10.3. The van der Waals surface area contributed by atoms with Crippen LogP contribution in [-0.2, 0) is 0 Å². The molecule has 25 heavy (non-hydrogen) atoms. The average Bonchev–Trinajstić information content (AvgIpc) is 3.06. The van der Waals surface area contributed by atoms with Crippen LogP contribution in [0.15, 0.2) is 4.99 Å². The molecule has 6 nitrogen and oxygen atoms in total. The molecule has 0 aromatic rings. The summed E-state index contributed by atoms with van der Waals surface area (Å²) in [6.07, 6.45) is 5.47. The predicted octanol–water partition coefficient (Wildman–Crippen LogP) is 1.21. The highest BCUT2D eigenvalue weighted by Crippen LogP contribution is 2.17. The molecule has 2 saturated heterocycles. The third-order valence-corrected chi connectivity index (χ3v) is 5.54. The van der Waals surface area contributed by atoms with Gasteiger partial charge in [0.15, 0.2) is 5.96 Å². The number of aliphatic imine (C=N–C) groups is 1. The Morgan fingerprint density at radius 2 is 1.96 bits per heavy atom. The first-order valence-corrected chi connectivity index (χ1v) is 10.3. The molecular weight excluding hydrogens is 314 g/mol. The van der Waals surface area contributed by atoms with Gasteiger partial charge in [0.25, 0.3) is 0 Å². The van der Waals surface area contributed by atoms with Crippen molar-refractivity contribution in [2.24, 2.45) is 4.99 Å². The van der Waals surface area contributed by atoms with Gasteiger partial charge in [0, 0.05) is 45.8 Å². The molecule has 0 aromatic carbocycles. The number of aliphatic hydroxyl groups excluding tert-OH is 1. The minimum absolute atomic E-state index is 0.0819. The second kappa shape index (κ2) is 11.0. The maximum absolute atomic E-state index is 9.58. The molecule has 2 heterocycles. The van der Waals surface area contributed by atoms with Crippen LogP contribution >= 0.6 is 0 Å². The fraction of sp³-hybridized carbons (Fsp3) is 0.947. The van der Waals surface area contributed by atoms with Crippen LogP contribution in [0.4, 0.5) is 0 Å². The van der Waals surface area contributed by atoms with Crippen molar-refractivity contribution in [1.29, 1.82) is 0 Å². The summed E-state index contributed by atoms with van der Waals surface area (Å²) >= 11 is 0. The Morgan fingerprint density at radius 1 is 1.20 bits per heavy atom. The zero-order chi connectivity index (χ0) is 18.1. The lowest BCUT2D eigenvalue weighted by molar-refractivity contribution is 0.0824. The van der Waals surface area contributed by atoms with Crippen molar-refractivity contribution in [2.75, 3.05) is 59.4 Å². The fourth-order valence-corrected chi connectivity index (χ4v) is 4.01. The second-order valence-electron chi connectivity index (χ2n) is 7.47. The summed E-state index contributed by atoms with van der Waals surface area (Å²) < 4.78 is 0. The summed E-state index contributed by atoms with van der Waals surface area (Å²) in [7, 11) is 2.17. The molecule has 1 atom stereocenters. The van der Waals surface area contributed by atoms with Crippen molar-refractivity contribution in [2.45, 2.75) is 58.1 Å². The van der Waals surface area contributed by atoms with E-state index in [2.05, 4.69) is 40.9 Å². The first kappa shape index (κ1) is 20.5. The van der Waals surface area contributed by atoms with Crippen molar-refractivity contribution < 1.29 is 5.11 Å². The number of aliphatic hydroxyl groups is 1. The fourth-order valence-electron chi connectivity index (χ4n) is 4.01. The molecule has 2 aliphatic rings. The third kappa shape index (κ3) is 6.76. The summed E-state index contributed by atoms with van der Waals surface area (Å²) in [6, 6.07) is 0.665. The van der Waals surface area contributed by atoms with Gasteiger partial charge in [-0.15, -0.1) is 0 Å². The smallest absolute Gasteiger partial charge is 0.193 e. The van der Waals surface area contributed by atoms with Crippen molar-refractivity contribution >= 4 is 5.96 Å². The molecule has 0 aliphatic carbocycles. The van der Waals surface area contributed by atoms with Crippen LogP contribution in [0.2, 0.25) is 0 Å². The van der Waals surface area contributed by atoms with Crippen LogP contribution in [0.3, 0.4) is 0 Å². The lowest BCUT2D eigenvalue weighted by Gasteiger charge is -2.30. The zero-order valence-corrected chi connectivity index (χ0v) is 16.6. The number of hydrogen-bond donors (Lipinski definition) is 2. The first-order chi connectivity index (χ1) is 12.1. The van der Waals surface area contributed by atoms with Crippen LogP contribution in [0.1, 0.15) is 46.0 Å². The van der Waals surface area contributed by atoms with Crippen LogP contribution < -0.4 is 5.32 Å². The van der Waals surface area contributed by atoms with Crippen LogP contribution in [0.5, 0.6) is 0 Å². The summed E-state index contributed by atoms with van der Waals surface area (Å²) in [4.78, 5) is 12.2. The highest BCUT2D eigenvalue weighted by molar-refractivity contribution is 5.79. The molecule has 2 rings (SSSR count). The molecule has 146 valence electrons. The number of nitrogens with zero attached hydrogens (tertiary/aromatic N) is 4. The second-order valence-corrected chi connectivity index (χ2v) is 7.47. The summed E-state index contributed by atoms with van der Waals surface area (Å²) in [6.45, 7) is 12.8. The van der Waals surface area contributed by atoms with Gasteiger partial charge >= 0.3 is 0 Å². The quantitative estimate of drug-likeness (QED) is 0.390. The number of rotatable bonds is 8. The number of guanidine groups is 1. The number of likely N-dealkylation sites (tertiary alicyclic amines) is 2. The zero-order valence-electron chi connectivity index (χ0n) is 16.6. The van der Waals surface area contributed by atoms with Crippen molar-refractivity contribution in [3.8, 4) is 0 Å². The highest BCUT2D eigenvalue weighted by Gasteiger charge is 2.25. The Labute approximate surface area is 154 Å². The predicted molar refractivity (Wildman–Crippen MR) is 105 cm³/mol. The molecule has 0 radical (unpaired) electrons. The lowest BCUT2D eigenvalue weighted by Crippen LogP contribution is -2.46. The van der Waals surface area contributed by atoms with Gasteiger partial charge in [0.05, 0.1) is 6.10 Å². The highest BCUT2D eigenvalue weighted by atomic mass is 16.3. The Balaban J connectivity index is 1.74. The molecule has 2 fully saturated rings. The molecule has 0 aromatic heterocycles. The van der Waals surface area contributed by atoms with Crippen LogP contribution in [0.25, 0.3) is 0 Å². The Bertz CT molecular complexity index is 395. The van der Waals surface area contributed by atoms with E-state index in [0.717, 1.165) is 71.0 Å². The standard InChI is InChI=1S/C19H39N5O/c1-4-20-19(22(3)16-17-8-6-13-24(17)5-2)21-11-7-12-23-14-9-18(25)10-15-23/h17-18,25H,4-16H2,1-3H3,(H,20,21). The molecule has 1 unspecified atom stereocenters. The molecule has 2 N–H and O–H groups in total. The maximum Gasteiger partial charge on any atom is 0.193 e. The van der Waals surface area contributed by atoms with E-state index in [1.807, 2.05) is 0 Å². The molecule has 0 saturated carbocycles. The van der Waals surface area contributed by atoms with Gasteiger partial charge in [-0.05, 0) is 58.7 Å². The number of nitrogens with one attached hydrogen (secondary N) is 1. The van der Waals surface area contributed by atoms with E-state index < -0.39 is 0 Å². The minimum atomic E-state index is -0.0819. The number of likely N-dealkylation sites (N-methyl/N-ethyl adjacent to an activating group) is 2. The lowest BCUT2D eigenvalue weighted by atomic mass is 10.1. The van der Waals surface area contributed by atoms with E-state index in [4.69, 9.17) is 4.99 Å². The van der Waals surface area contributed by atoms with Gasteiger partial charge in [0.1, 0.15) is 0 Å². The topological polar surface area (TPSA) is 54.3 Å². The van der Waals surface area contributed by atoms with Gasteiger partial charge < -0.3 is 20.2 Å². The van der Waals surface area contributed by atoms with E-state index in [9.17, 15) is 5.11 Å². The number of piperidine rings is 1. The summed E-state index contributed by atoms with van der Waals surface area (Å²) in [5.74, 6) is 1.04. The summed E-state index contributed by atoms with van der Waals surface area (Å²) in [5.41, 5.74) is 0. The van der Waals surface area contributed by atoms with Crippen molar-refractivity contribution in [1.82, 2.24) is 20.0 Å². The van der Waals surface area contributed by atoms with E-state index >= 15 is 0 Å². The van der Waals surface area contributed by atoms with E-state index in [1.54, 1.807) is 0 Å². The molecule has 6 heteroatoms. The molecule has 2 aliphatic heterocycles. The maximum atomic E-state index is 9.58. The minimum Gasteiger partial charge on any atom is -0.393 e. The Kier molecular flexibility index (Phi) is 8.99. The van der Waals surface area contributed by atoms with Crippen molar-refractivity contribution in [3.63, 3.8) is 0 Å². The molecule has 0 spiro atoms. The van der Waals surface area contributed by atoms with E-state index in [1.165, 1.54) is 19.4 Å². The van der Waals surface area contributed by atoms with Gasteiger partial charge in [-0.25, -0.2) is 0 Å². The number of hydrogen-bond acceptors (Lipinski definition) is 4. The van der Waals surface area contributed by atoms with Gasteiger partial charge in [-0.2, -0.15) is 0 Å². The Hall–Kier alpha value is -0.850.